The second-order valence-corrected chi connectivity index (χ2v) is 7.58. The van der Waals surface area contributed by atoms with E-state index >= 15 is 0 Å². The largest absolute Gasteiger partial charge is 0.493 e. The fraction of sp³-hybridized carbons (Fsp3) is 0.450. The minimum atomic E-state index is -1.68. The van der Waals surface area contributed by atoms with Crippen LogP contribution in [0.5, 0.6) is 5.88 Å². The summed E-state index contributed by atoms with van der Waals surface area (Å²) in [5, 5.41) is 49.8. The summed E-state index contributed by atoms with van der Waals surface area (Å²) in [5.41, 5.74) is -0.872. The van der Waals surface area contributed by atoms with Gasteiger partial charge in [0.2, 0.25) is 5.88 Å². The number of aromatic nitrogens is 2. The second kappa shape index (κ2) is 9.12. The summed E-state index contributed by atoms with van der Waals surface area (Å²) in [6, 6.07) is 5.40. The van der Waals surface area contributed by atoms with Crippen LogP contribution in [0.4, 0.5) is 0 Å². The third kappa shape index (κ3) is 4.45. The molecule has 11 nitrogen and oxygen atoms in total. The number of nitrogens with zero attached hydrogens (tertiary/aromatic N) is 2. The van der Waals surface area contributed by atoms with Crippen molar-refractivity contribution in [2.45, 2.75) is 50.4 Å². The van der Waals surface area contributed by atoms with Crippen LogP contribution in [0, 0.1) is 0 Å². The Morgan fingerprint density at radius 2 is 1.81 bits per heavy atom. The zero-order valence-corrected chi connectivity index (χ0v) is 16.9. The maximum Gasteiger partial charge on any atom is 0.335 e. The Bertz CT molecular complexity index is 1060. The van der Waals surface area contributed by atoms with Gasteiger partial charge in [0, 0.05) is 6.21 Å². The Morgan fingerprint density at radius 3 is 2.39 bits per heavy atom. The molecule has 0 spiro atoms. The Labute approximate surface area is 176 Å². The monoisotopic (exact) mass is 435 g/mol. The highest BCUT2D eigenvalue weighted by atomic mass is 16.6. The number of benzene rings is 1. The van der Waals surface area contributed by atoms with Crippen LogP contribution in [-0.2, 0) is 4.74 Å². The van der Waals surface area contributed by atoms with Gasteiger partial charge < -0.3 is 30.3 Å². The molecule has 2 heterocycles. The topological polar surface area (TPSA) is 178 Å². The number of aromatic amines is 1. The van der Waals surface area contributed by atoms with Gasteiger partial charge in [0.05, 0.1) is 12.3 Å². The van der Waals surface area contributed by atoms with Gasteiger partial charge >= 0.3 is 5.69 Å². The van der Waals surface area contributed by atoms with E-state index in [-0.39, 0.29) is 5.92 Å². The van der Waals surface area contributed by atoms with Gasteiger partial charge in [-0.2, -0.15) is 0 Å². The maximum atomic E-state index is 12.3. The SMILES string of the molecule is CC(C)c1ccc(-n2c(O)c(C=N[C@H]3[C@@H](O)[C@H](O)[C@H](CO)O[C@@H]3O)c(=O)[nH]c2=O)cc1. The lowest BCUT2D eigenvalue weighted by Gasteiger charge is -2.38. The van der Waals surface area contributed by atoms with E-state index in [0.717, 1.165) is 16.3 Å². The lowest BCUT2D eigenvalue weighted by molar-refractivity contribution is -0.248. The first-order valence-corrected chi connectivity index (χ1v) is 9.68. The first kappa shape index (κ1) is 22.8. The van der Waals surface area contributed by atoms with E-state index in [0.29, 0.717) is 5.69 Å². The lowest BCUT2D eigenvalue weighted by atomic mass is 9.97. The first-order valence-electron chi connectivity index (χ1n) is 9.68. The van der Waals surface area contributed by atoms with Crippen LogP contribution in [0.3, 0.4) is 0 Å². The quantitative estimate of drug-likeness (QED) is 0.310. The van der Waals surface area contributed by atoms with Gasteiger partial charge in [0.15, 0.2) is 6.29 Å². The predicted octanol–water partition coefficient (Wildman–Crippen LogP) is -1.43. The van der Waals surface area contributed by atoms with Gasteiger partial charge in [-0.1, -0.05) is 26.0 Å². The van der Waals surface area contributed by atoms with Gasteiger partial charge in [-0.3, -0.25) is 14.8 Å². The second-order valence-electron chi connectivity index (χ2n) is 7.58. The van der Waals surface area contributed by atoms with Crippen molar-refractivity contribution in [1.82, 2.24) is 9.55 Å². The molecular formula is C20H25N3O8. The zero-order valence-electron chi connectivity index (χ0n) is 16.9. The first-order chi connectivity index (χ1) is 14.6. The average Bonchev–Trinajstić information content (AvgIpc) is 2.72. The molecule has 1 aromatic heterocycles. The molecule has 1 saturated heterocycles. The van der Waals surface area contributed by atoms with E-state index in [9.17, 15) is 30.0 Å². The number of hydrogen-bond acceptors (Lipinski definition) is 9. The van der Waals surface area contributed by atoms with E-state index in [1.807, 2.05) is 13.8 Å². The highest BCUT2D eigenvalue weighted by molar-refractivity contribution is 5.82. The van der Waals surface area contributed by atoms with Crippen molar-refractivity contribution in [3.05, 3.63) is 56.2 Å². The predicted molar refractivity (Wildman–Crippen MR) is 110 cm³/mol. The summed E-state index contributed by atoms with van der Waals surface area (Å²) < 4.78 is 5.88. The molecule has 1 aromatic carbocycles. The van der Waals surface area contributed by atoms with E-state index in [1.54, 1.807) is 24.3 Å². The molecule has 0 amide bonds. The summed E-state index contributed by atoms with van der Waals surface area (Å²) in [6.45, 7) is 3.38. The highest BCUT2D eigenvalue weighted by Gasteiger charge is 2.43. The van der Waals surface area contributed by atoms with Gasteiger partial charge in [-0.25, -0.2) is 9.36 Å². The fourth-order valence-electron chi connectivity index (χ4n) is 3.31. The summed E-state index contributed by atoms with van der Waals surface area (Å²) >= 11 is 0. The van der Waals surface area contributed by atoms with Gasteiger partial charge in [0.25, 0.3) is 5.56 Å². The van der Waals surface area contributed by atoms with Crippen LogP contribution < -0.4 is 11.2 Å². The number of ether oxygens (including phenoxy) is 1. The van der Waals surface area contributed by atoms with Gasteiger partial charge in [-0.15, -0.1) is 0 Å². The fourth-order valence-corrected chi connectivity index (χ4v) is 3.31. The summed E-state index contributed by atoms with van der Waals surface area (Å²) in [4.78, 5) is 30.5. The lowest BCUT2D eigenvalue weighted by Crippen LogP contribution is -2.57. The van der Waals surface area contributed by atoms with Crippen molar-refractivity contribution in [2.24, 2.45) is 4.99 Å². The third-order valence-corrected chi connectivity index (χ3v) is 5.18. The number of aliphatic hydroxyl groups is 4. The van der Waals surface area contributed by atoms with Crippen LogP contribution in [0.2, 0.25) is 0 Å². The number of H-pyrrole nitrogens is 1. The Morgan fingerprint density at radius 1 is 1.16 bits per heavy atom. The summed E-state index contributed by atoms with van der Waals surface area (Å²) in [5.74, 6) is -0.432. The van der Waals surface area contributed by atoms with Crippen molar-refractivity contribution in [2.75, 3.05) is 6.61 Å². The molecule has 1 aliphatic heterocycles. The molecule has 2 aromatic rings. The van der Waals surface area contributed by atoms with Crippen LogP contribution in [0.25, 0.3) is 5.69 Å². The molecule has 1 aliphatic rings. The molecule has 0 radical (unpaired) electrons. The molecule has 0 unspecified atom stereocenters. The van der Waals surface area contributed by atoms with Crippen LogP contribution in [0.15, 0.2) is 38.8 Å². The van der Waals surface area contributed by atoms with Crippen molar-refractivity contribution in [3.63, 3.8) is 0 Å². The van der Waals surface area contributed by atoms with E-state index in [1.165, 1.54) is 0 Å². The molecule has 3 rings (SSSR count). The third-order valence-electron chi connectivity index (χ3n) is 5.18. The molecule has 168 valence electrons. The minimum Gasteiger partial charge on any atom is -0.493 e. The number of aromatic hydroxyl groups is 1. The summed E-state index contributed by atoms with van der Waals surface area (Å²) in [6.07, 6.45) is -5.14. The van der Waals surface area contributed by atoms with Crippen molar-refractivity contribution in [1.29, 1.82) is 0 Å². The molecule has 6 N–H and O–H groups in total. The van der Waals surface area contributed by atoms with E-state index < -0.39 is 59.9 Å². The maximum absolute atomic E-state index is 12.3. The average molecular weight is 435 g/mol. The Balaban J connectivity index is 1.98. The highest BCUT2D eigenvalue weighted by Crippen LogP contribution is 2.23. The molecule has 31 heavy (non-hydrogen) atoms. The van der Waals surface area contributed by atoms with Crippen LogP contribution >= 0.6 is 0 Å². The number of nitrogens with one attached hydrogen (secondary N) is 1. The minimum absolute atomic E-state index is 0.258. The van der Waals surface area contributed by atoms with E-state index in [2.05, 4.69) is 9.98 Å². The Kier molecular flexibility index (Phi) is 6.72. The van der Waals surface area contributed by atoms with Crippen molar-refractivity contribution >= 4 is 6.21 Å². The molecular weight excluding hydrogens is 410 g/mol. The molecule has 5 atom stereocenters. The molecule has 0 saturated carbocycles. The van der Waals surface area contributed by atoms with Gasteiger partial charge in [-0.05, 0) is 23.6 Å². The normalized spacial score (nSPS) is 26.6. The molecule has 0 aliphatic carbocycles. The number of aliphatic hydroxyl groups excluding tert-OH is 4. The van der Waals surface area contributed by atoms with Crippen molar-refractivity contribution in [3.8, 4) is 11.6 Å². The molecule has 11 heteroatoms. The van der Waals surface area contributed by atoms with Gasteiger partial charge in [0.1, 0.15) is 29.9 Å². The van der Waals surface area contributed by atoms with Crippen molar-refractivity contribution < 1.29 is 30.3 Å². The zero-order chi connectivity index (χ0) is 22.9. The standard InChI is InChI=1S/C20H25N3O8/c1-9(2)10-3-5-11(6-4-10)23-18(28)12(17(27)22-20(23)30)7-21-14-16(26)15(25)13(8-24)31-19(14)29/h3-7,9,13-16,19,24-26,28-29H,8H2,1-2H3,(H,22,27,30)/t13-,14-,15+,16+,19-/m0/s1. The number of aliphatic imine (C=N–C) groups is 1. The Hall–Kier alpha value is -2.83. The summed E-state index contributed by atoms with van der Waals surface area (Å²) in [7, 11) is 0. The van der Waals surface area contributed by atoms with Crippen LogP contribution in [-0.4, -0.2) is 78.5 Å². The number of rotatable bonds is 5. The molecule has 1 fully saturated rings. The van der Waals surface area contributed by atoms with E-state index in [4.69, 9.17) is 9.84 Å². The molecule has 0 bridgehead atoms. The number of hydrogen-bond donors (Lipinski definition) is 6. The smallest absolute Gasteiger partial charge is 0.335 e. The van der Waals surface area contributed by atoms with Crippen LogP contribution in [0.1, 0.15) is 30.9 Å².